The zero-order valence-corrected chi connectivity index (χ0v) is 34.4. The Morgan fingerprint density at radius 1 is 0.778 bits per heavy atom. The highest BCUT2D eigenvalue weighted by molar-refractivity contribution is 6.11. The Balaban J connectivity index is 0.797. The Bertz CT molecular complexity index is 2570. The minimum absolute atomic E-state index is 0.0599. The lowest BCUT2D eigenvalue weighted by Crippen LogP contribution is -2.49. The van der Waals surface area contributed by atoms with E-state index in [1.165, 1.54) is 12.1 Å². The van der Waals surface area contributed by atoms with Crippen LogP contribution in [0.3, 0.4) is 0 Å². The van der Waals surface area contributed by atoms with Crippen LogP contribution in [-0.2, 0) is 25.6 Å². The number of fused-ring (bicyclic) bond motifs is 1. The number of piperazine rings is 1. The average Bonchev–Trinajstić information content (AvgIpc) is 3.67. The van der Waals surface area contributed by atoms with Gasteiger partial charge in [-0.1, -0.05) is 6.07 Å². The number of aromatic nitrogens is 2. The van der Waals surface area contributed by atoms with Gasteiger partial charge in [0.15, 0.2) is 5.82 Å². The molecule has 4 aromatic carbocycles. The van der Waals surface area contributed by atoms with Gasteiger partial charge in [0.25, 0.3) is 5.91 Å². The Morgan fingerprint density at radius 3 is 2.16 bits per heavy atom. The van der Waals surface area contributed by atoms with Crippen LogP contribution in [0.4, 0.5) is 31.7 Å². The lowest BCUT2D eigenvalue weighted by atomic mass is 10.0. The summed E-state index contributed by atoms with van der Waals surface area (Å²) in [4.78, 5) is 69.4. The van der Waals surface area contributed by atoms with Crippen molar-refractivity contribution >= 4 is 63.3 Å². The lowest BCUT2D eigenvalue weighted by molar-refractivity contribution is -0.137. The standard InChI is InChI=1S/C46H46F2N10O5/c47-31-22-30(23-32(48)26-31)21-28-2-8-38-37(24-28)44(55-54-38)53-45(62)36-7-1-29(27-49)25-40(36)51-34-13-15-57(16-14-34)42(60)11-12-43(61)58-19-17-56(18-20-58)35-5-3-33(4-6-35)50-39-9-10-41(59)52-46(39)63/h1-8,22-26,34,39,50-51H,9-21H2,(H,52,59,63)(H2,53,54,55,62). The molecule has 5 N–H and O–H groups in total. The predicted molar refractivity (Wildman–Crippen MR) is 232 cm³/mol. The van der Waals surface area contributed by atoms with Crippen LogP contribution >= 0.6 is 0 Å². The quantitative estimate of drug-likeness (QED) is 0.103. The summed E-state index contributed by atoms with van der Waals surface area (Å²) in [6.45, 7) is 3.29. The minimum atomic E-state index is -0.661. The van der Waals surface area contributed by atoms with Crippen molar-refractivity contribution in [2.24, 2.45) is 0 Å². The van der Waals surface area contributed by atoms with Gasteiger partial charge in [-0.3, -0.25) is 34.4 Å². The number of likely N-dealkylation sites (tertiary alicyclic amines) is 1. The van der Waals surface area contributed by atoms with Gasteiger partial charge in [-0.15, -0.1) is 0 Å². The number of anilines is 4. The van der Waals surface area contributed by atoms with Crippen molar-refractivity contribution in [3.63, 3.8) is 0 Å². The zero-order valence-electron chi connectivity index (χ0n) is 34.4. The molecule has 0 saturated carbocycles. The third-order valence-corrected chi connectivity index (χ3v) is 11.8. The first-order chi connectivity index (χ1) is 30.5. The molecule has 8 rings (SSSR count). The molecule has 0 bridgehead atoms. The third kappa shape index (κ3) is 10.2. The fraction of sp³-hybridized carbons (Fsp3) is 0.326. The van der Waals surface area contributed by atoms with Gasteiger partial charge in [-0.25, -0.2) is 8.78 Å². The number of hydrogen-bond acceptors (Lipinski definition) is 10. The highest BCUT2D eigenvalue weighted by Crippen LogP contribution is 2.28. The first-order valence-electron chi connectivity index (χ1n) is 21.0. The fourth-order valence-corrected chi connectivity index (χ4v) is 8.36. The number of carbonyl (C=O) groups excluding carboxylic acids is 5. The monoisotopic (exact) mass is 856 g/mol. The van der Waals surface area contributed by atoms with E-state index in [1.807, 2.05) is 30.3 Å². The molecular formula is C46H46F2N10O5. The molecule has 1 unspecified atom stereocenters. The number of carbonyl (C=O) groups is 5. The Hall–Kier alpha value is -7.35. The number of benzene rings is 4. The summed E-state index contributed by atoms with van der Waals surface area (Å²) in [5.41, 5.74) is 4.80. The van der Waals surface area contributed by atoms with Crippen molar-refractivity contribution in [1.82, 2.24) is 25.3 Å². The van der Waals surface area contributed by atoms with Gasteiger partial charge >= 0.3 is 0 Å². The van der Waals surface area contributed by atoms with Crippen LogP contribution < -0.4 is 26.2 Å². The number of piperidine rings is 2. The summed E-state index contributed by atoms with van der Waals surface area (Å²) in [6.07, 6.45) is 2.43. The summed E-state index contributed by atoms with van der Waals surface area (Å²) in [5.74, 6) is -2.23. The number of aromatic amines is 1. The Labute approximate surface area is 361 Å². The first kappa shape index (κ1) is 42.3. The van der Waals surface area contributed by atoms with Gasteiger partial charge in [-0.2, -0.15) is 10.4 Å². The van der Waals surface area contributed by atoms with E-state index in [0.29, 0.717) is 98.2 Å². The van der Waals surface area contributed by atoms with Crippen LogP contribution in [0.15, 0.2) is 78.9 Å². The number of imide groups is 1. The molecule has 63 heavy (non-hydrogen) atoms. The summed E-state index contributed by atoms with van der Waals surface area (Å²) >= 11 is 0. The van der Waals surface area contributed by atoms with Crippen molar-refractivity contribution in [2.45, 2.75) is 57.0 Å². The maximum absolute atomic E-state index is 13.8. The van der Waals surface area contributed by atoms with Crippen molar-refractivity contribution in [1.29, 1.82) is 5.26 Å². The second kappa shape index (κ2) is 18.7. The van der Waals surface area contributed by atoms with Crippen LogP contribution in [0.5, 0.6) is 0 Å². The average molecular weight is 857 g/mol. The minimum Gasteiger partial charge on any atom is -0.381 e. The zero-order chi connectivity index (χ0) is 44.0. The maximum Gasteiger partial charge on any atom is 0.258 e. The maximum atomic E-state index is 13.8. The number of nitriles is 1. The van der Waals surface area contributed by atoms with Crippen molar-refractivity contribution in [3.8, 4) is 6.07 Å². The van der Waals surface area contributed by atoms with Gasteiger partial charge in [0.1, 0.15) is 17.7 Å². The number of halogens is 2. The summed E-state index contributed by atoms with van der Waals surface area (Å²) in [5, 5.41) is 29.3. The van der Waals surface area contributed by atoms with E-state index in [4.69, 9.17) is 0 Å². The molecular weight excluding hydrogens is 811 g/mol. The van der Waals surface area contributed by atoms with E-state index < -0.39 is 23.6 Å². The molecule has 5 aromatic rings. The Kier molecular flexibility index (Phi) is 12.6. The number of rotatable bonds is 12. The number of H-pyrrole nitrogens is 1. The predicted octanol–water partition coefficient (Wildman–Crippen LogP) is 5.30. The SMILES string of the molecule is N#Cc1ccc(C(=O)Nc2n[nH]c3ccc(Cc4cc(F)cc(F)c4)cc23)c(NC2CCN(C(=O)CCC(=O)N3CCN(c4ccc(NC5CCC(=O)NC5=O)cc4)CC3)CC2)c1. The van der Waals surface area contributed by atoms with Crippen molar-refractivity contribution in [3.05, 3.63) is 113 Å². The van der Waals surface area contributed by atoms with Crippen molar-refractivity contribution in [2.75, 3.05) is 60.1 Å². The van der Waals surface area contributed by atoms with Crippen LogP contribution in [-0.4, -0.2) is 101 Å². The number of nitrogens with zero attached hydrogens (tertiary/aromatic N) is 5. The Morgan fingerprint density at radius 2 is 1.48 bits per heavy atom. The van der Waals surface area contributed by atoms with E-state index in [0.717, 1.165) is 23.0 Å². The molecule has 17 heteroatoms. The molecule has 0 aliphatic carbocycles. The third-order valence-electron chi connectivity index (χ3n) is 11.8. The number of hydrogen-bond donors (Lipinski definition) is 5. The second-order valence-corrected chi connectivity index (χ2v) is 16.1. The normalized spacial score (nSPS) is 17.0. The van der Waals surface area contributed by atoms with Gasteiger partial charge in [0, 0.05) is 93.1 Å². The molecule has 3 fully saturated rings. The molecule has 1 aromatic heterocycles. The lowest BCUT2D eigenvalue weighted by Gasteiger charge is -2.36. The summed E-state index contributed by atoms with van der Waals surface area (Å²) in [7, 11) is 0. The van der Waals surface area contributed by atoms with Gasteiger partial charge < -0.3 is 30.7 Å². The van der Waals surface area contributed by atoms with Crippen LogP contribution in [0.1, 0.15) is 65.6 Å². The van der Waals surface area contributed by atoms with E-state index >= 15 is 0 Å². The molecule has 1 atom stereocenters. The molecule has 0 radical (unpaired) electrons. The van der Waals surface area contributed by atoms with Crippen LogP contribution in [0.2, 0.25) is 0 Å². The number of nitrogens with one attached hydrogen (secondary N) is 5. The smallest absolute Gasteiger partial charge is 0.258 e. The molecule has 3 aliphatic heterocycles. The molecule has 3 saturated heterocycles. The van der Waals surface area contributed by atoms with E-state index in [1.54, 1.807) is 40.1 Å². The van der Waals surface area contributed by atoms with Gasteiger partial charge in [0.05, 0.1) is 22.7 Å². The van der Waals surface area contributed by atoms with E-state index in [-0.39, 0.29) is 54.8 Å². The van der Waals surface area contributed by atoms with Crippen molar-refractivity contribution < 1.29 is 32.8 Å². The van der Waals surface area contributed by atoms with Crippen LogP contribution in [0, 0.1) is 23.0 Å². The highest BCUT2D eigenvalue weighted by atomic mass is 19.1. The fourth-order valence-electron chi connectivity index (χ4n) is 8.36. The highest BCUT2D eigenvalue weighted by Gasteiger charge is 2.28. The van der Waals surface area contributed by atoms with Gasteiger partial charge in [-0.05, 0) is 104 Å². The summed E-state index contributed by atoms with van der Waals surface area (Å²) < 4.78 is 27.6. The van der Waals surface area contributed by atoms with E-state index in [2.05, 4.69) is 42.4 Å². The summed E-state index contributed by atoms with van der Waals surface area (Å²) in [6, 6.07) is 22.8. The van der Waals surface area contributed by atoms with E-state index in [9.17, 15) is 38.0 Å². The topological polar surface area (TPSA) is 196 Å². The molecule has 15 nitrogen and oxygen atoms in total. The molecule has 5 amide bonds. The molecule has 324 valence electrons. The first-order valence-corrected chi connectivity index (χ1v) is 21.0. The molecule has 4 heterocycles. The number of amides is 5. The molecule has 3 aliphatic rings. The second-order valence-electron chi connectivity index (χ2n) is 16.1. The molecule has 0 spiro atoms. The van der Waals surface area contributed by atoms with Gasteiger partial charge in [0.2, 0.25) is 23.6 Å². The van der Waals surface area contributed by atoms with Crippen LogP contribution in [0.25, 0.3) is 10.9 Å². The largest absolute Gasteiger partial charge is 0.381 e.